The molecule has 1 unspecified atom stereocenters. The first kappa shape index (κ1) is 20.0. The van der Waals surface area contributed by atoms with Gasteiger partial charge in [-0.05, 0) is 50.2 Å². The summed E-state index contributed by atoms with van der Waals surface area (Å²) in [5, 5.41) is 4.03. The predicted molar refractivity (Wildman–Crippen MR) is 120 cm³/mol. The summed E-state index contributed by atoms with van der Waals surface area (Å²) in [5.41, 5.74) is 1.71. The van der Waals surface area contributed by atoms with Crippen molar-refractivity contribution in [2.45, 2.75) is 25.5 Å². The third kappa shape index (κ3) is 4.03. The quantitative estimate of drug-likeness (QED) is 0.639. The van der Waals surface area contributed by atoms with Crippen LogP contribution in [0.3, 0.4) is 0 Å². The fourth-order valence-corrected chi connectivity index (χ4v) is 4.44. The SMILES string of the molecule is CNC1CN(c2ccc(-n3ccc(OCc4ccc(Cl)cn4)cc3=O)cn2)CC12CC2. The highest BCUT2D eigenvalue weighted by molar-refractivity contribution is 6.30. The summed E-state index contributed by atoms with van der Waals surface area (Å²) in [4.78, 5) is 23.8. The second-order valence-electron chi connectivity index (χ2n) is 8.29. The molecule has 2 fully saturated rings. The predicted octanol–water partition coefficient (Wildman–Crippen LogP) is 3.05. The number of anilines is 1. The molecular weight excluding hydrogens is 414 g/mol. The van der Waals surface area contributed by atoms with Crippen LogP contribution in [0.4, 0.5) is 5.82 Å². The lowest BCUT2D eigenvalue weighted by atomic mass is 10.0. The van der Waals surface area contributed by atoms with Crippen molar-refractivity contribution in [2.24, 2.45) is 5.41 Å². The van der Waals surface area contributed by atoms with Gasteiger partial charge in [0.2, 0.25) is 0 Å². The van der Waals surface area contributed by atoms with Gasteiger partial charge in [0.1, 0.15) is 18.2 Å². The summed E-state index contributed by atoms with van der Waals surface area (Å²) in [5.74, 6) is 1.45. The molecule has 31 heavy (non-hydrogen) atoms. The van der Waals surface area contributed by atoms with Crippen molar-refractivity contribution >= 4 is 17.4 Å². The first-order chi connectivity index (χ1) is 15.1. The largest absolute Gasteiger partial charge is 0.487 e. The topological polar surface area (TPSA) is 72.3 Å². The van der Waals surface area contributed by atoms with E-state index in [-0.39, 0.29) is 12.2 Å². The van der Waals surface area contributed by atoms with Crippen LogP contribution in [0.25, 0.3) is 5.69 Å². The third-order valence-corrected chi connectivity index (χ3v) is 6.51. The van der Waals surface area contributed by atoms with Crippen LogP contribution in [0.2, 0.25) is 5.02 Å². The van der Waals surface area contributed by atoms with Gasteiger partial charge in [-0.3, -0.25) is 14.3 Å². The van der Waals surface area contributed by atoms with Gasteiger partial charge in [0.05, 0.1) is 22.6 Å². The first-order valence-corrected chi connectivity index (χ1v) is 10.8. The smallest absolute Gasteiger partial charge is 0.258 e. The van der Waals surface area contributed by atoms with E-state index in [0.717, 1.165) is 30.3 Å². The molecule has 0 amide bonds. The summed E-state index contributed by atoms with van der Waals surface area (Å²) in [6.45, 7) is 2.28. The van der Waals surface area contributed by atoms with E-state index < -0.39 is 0 Å². The van der Waals surface area contributed by atoms with Crippen LogP contribution in [0.1, 0.15) is 18.5 Å². The van der Waals surface area contributed by atoms with Crippen LogP contribution in [-0.2, 0) is 6.61 Å². The highest BCUT2D eigenvalue weighted by Crippen LogP contribution is 2.53. The zero-order chi connectivity index (χ0) is 21.4. The fraction of sp³-hybridized carbons (Fsp3) is 0.348. The molecule has 1 saturated carbocycles. The molecule has 0 aromatic carbocycles. The van der Waals surface area contributed by atoms with Gasteiger partial charge in [0.15, 0.2) is 0 Å². The molecule has 160 valence electrons. The van der Waals surface area contributed by atoms with E-state index in [2.05, 4.69) is 20.2 Å². The molecule has 1 spiro atoms. The lowest BCUT2D eigenvalue weighted by molar-refractivity contribution is 0.300. The van der Waals surface area contributed by atoms with Crippen LogP contribution in [0.5, 0.6) is 5.75 Å². The Hall–Kier alpha value is -2.90. The van der Waals surface area contributed by atoms with Gasteiger partial charge in [0, 0.05) is 43.0 Å². The van der Waals surface area contributed by atoms with Crippen LogP contribution >= 0.6 is 11.6 Å². The van der Waals surface area contributed by atoms with Crippen LogP contribution in [0.15, 0.2) is 59.8 Å². The van der Waals surface area contributed by atoms with Crippen molar-refractivity contribution in [2.75, 3.05) is 25.0 Å². The van der Waals surface area contributed by atoms with Gasteiger partial charge in [-0.15, -0.1) is 0 Å². The number of hydrogen-bond acceptors (Lipinski definition) is 6. The van der Waals surface area contributed by atoms with Gasteiger partial charge in [-0.25, -0.2) is 4.98 Å². The molecule has 1 atom stereocenters. The Labute approximate surface area is 185 Å². The highest BCUT2D eigenvalue weighted by Gasteiger charge is 2.54. The summed E-state index contributed by atoms with van der Waals surface area (Å²) in [6.07, 6.45) is 7.59. The molecule has 1 aliphatic carbocycles. The van der Waals surface area contributed by atoms with Crippen molar-refractivity contribution in [3.8, 4) is 11.4 Å². The molecule has 5 rings (SSSR count). The average Bonchev–Trinajstić information content (AvgIpc) is 3.46. The summed E-state index contributed by atoms with van der Waals surface area (Å²) in [6, 6.07) is 11.2. The summed E-state index contributed by atoms with van der Waals surface area (Å²) in [7, 11) is 2.04. The molecule has 0 radical (unpaired) electrons. The molecular formula is C23H24ClN5O2. The molecule has 1 N–H and O–H groups in total. The maximum Gasteiger partial charge on any atom is 0.258 e. The zero-order valence-electron chi connectivity index (χ0n) is 17.3. The van der Waals surface area contributed by atoms with Gasteiger partial charge in [0.25, 0.3) is 5.56 Å². The molecule has 3 aromatic heterocycles. The molecule has 7 nitrogen and oxygen atoms in total. The number of halogens is 1. The number of rotatable bonds is 6. The minimum Gasteiger partial charge on any atom is -0.487 e. The number of likely N-dealkylation sites (N-methyl/N-ethyl adjacent to an activating group) is 1. The second kappa shape index (κ2) is 7.98. The Bertz CT molecular complexity index is 1130. The Morgan fingerprint density at radius 3 is 2.68 bits per heavy atom. The molecule has 8 heteroatoms. The number of pyridine rings is 3. The van der Waals surface area contributed by atoms with Crippen molar-refractivity contribution in [1.82, 2.24) is 19.9 Å². The number of aromatic nitrogens is 3. The van der Waals surface area contributed by atoms with Gasteiger partial charge in [-0.2, -0.15) is 0 Å². The third-order valence-electron chi connectivity index (χ3n) is 6.29. The lowest BCUT2D eigenvalue weighted by Gasteiger charge is -2.17. The van der Waals surface area contributed by atoms with Crippen molar-refractivity contribution in [1.29, 1.82) is 0 Å². The monoisotopic (exact) mass is 437 g/mol. The minimum atomic E-state index is -0.176. The number of nitrogens with zero attached hydrogens (tertiary/aromatic N) is 4. The summed E-state index contributed by atoms with van der Waals surface area (Å²) < 4.78 is 7.25. The maximum absolute atomic E-state index is 12.6. The summed E-state index contributed by atoms with van der Waals surface area (Å²) >= 11 is 5.84. The van der Waals surface area contributed by atoms with E-state index in [0.29, 0.717) is 22.2 Å². The van der Waals surface area contributed by atoms with Crippen molar-refractivity contribution in [3.63, 3.8) is 0 Å². The van der Waals surface area contributed by atoms with Crippen molar-refractivity contribution in [3.05, 3.63) is 76.1 Å². The second-order valence-corrected chi connectivity index (χ2v) is 8.72. The van der Waals surface area contributed by atoms with E-state index in [4.69, 9.17) is 16.3 Å². The van der Waals surface area contributed by atoms with Crippen LogP contribution in [-0.4, -0.2) is 40.7 Å². The van der Waals surface area contributed by atoms with Gasteiger partial charge >= 0.3 is 0 Å². The molecule has 2 aliphatic rings. The number of nitrogens with one attached hydrogen (secondary N) is 1. The standard InChI is InChI=1S/C23H24ClN5O2/c1-25-20-13-28(15-23(20)7-8-23)21-5-4-18(12-27-21)29-9-6-19(10-22(29)30)31-14-17-3-2-16(24)11-26-17/h2-6,9-12,20,25H,7-8,13-15H2,1H3. The first-order valence-electron chi connectivity index (χ1n) is 10.4. The zero-order valence-corrected chi connectivity index (χ0v) is 18.0. The molecule has 4 heterocycles. The van der Waals surface area contributed by atoms with Gasteiger partial charge in [-0.1, -0.05) is 11.6 Å². The van der Waals surface area contributed by atoms with E-state index in [1.54, 1.807) is 41.4 Å². The van der Waals surface area contributed by atoms with E-state index in [1.807, 2.05) is 19.2 Å². The van der Waals surface area contributed by atoms with E-state index in [9.17, 15) is 4.79 Å². The fourth-order valence-electron chi connectivity index (χ4n) is 4.33. The lowest BCUT2D eigenvalue weighted by Crippen LogP contribution is -2.34. The molecule has 3 aromatic rings. The Morgan fingerprint density at radius 2 is 2.06 bits per heavy atom. The van der Waals surface area contributed by atoms with E-state index >= 15 is 0 Å². The number of hydrogen-bond donors (Lipinski definition) is 1. The Kier molecular flexibility index (Phi) is 5.16. The average molecular weight is 438 g/mol. The molecule has 0 bridgehead atoms. The Balaban J connectivity index is 1.27. The highest BCUT2D eigenvalue weighted by atomic mass is 35.5. The minimum absolute atomic E-state index is 0.176. The van der Waals surface area contributed by atoms with Crippen LogP contribution < -0.4 is 20.5 Å². The van der Waals surface area contributed by atoms with Gasteiger partial charge < -0.3 is 15.0 Å². The van der Waals surface area contributed by atoms with Crippen LogP contribution in [0, 0.1) is 5.41 Å². The normalized spacial score (nSPS) is 19.0. The van der Waals surface area contributed by atoms with Crippen molar-refractivity contribution < 1.29 is 4.74 Å². The van der Waals surface area contributed by atoms with E-state index in [1.165, 1.54) is 18.9 Å². The maximum atomic E-state index is 12.6. The Morgan fingerprint density at radius 1 is 1.19 bits per heavy atom. The number of ether oxygens (including phenoxy) is 1. The molecule has 1 aliphatic heterocycles. The molecule has 1 saturated heterocycles.